The van der Waals surface area contributed by atoms with Crippen molar-refractivity contribution in [2.24, 2.45) is 0 Å². The van der Waals surface area contributed by atoms with Gasteiger partial charge < -0.3 is 10.1 Å². The maximum absolute atomic E-state index is 5.28. The van der Waals surface area contributed by atoms with E-state index in [1.54, 1.807) is 29.1 Å². The van der Waals surface area contributed by atoms with Crippen molar-refractivity contribution in [3.63, 3.8) is 0 Å². The van der Waals surface area contributed by atoms with Gasteiger partial charge in [0.25, 0.3) is 0 Å². The van der Waals surface area contributed by atoms with Crippen molar-refractivity contribution in [3.05, 3.63) is 28.8 Å². The Morgan fingerprint density at radius 1 is 1.44 bits per heavy atom. The molecule has 2 aromatic heterocycles. The fraction of sp³-hybridized carbons (Fsp3) is 0.300. The molecule has 0 fully saturated rings. The lowest BCUT2D eigenvalue weighted by molar-refractivity contribution is 0.326. The second kappa shape index (κ2) is 5.41. The highest BCUT2D eigenvalue weighted by molar-refractivity contribution is 7.07. The van der Waals surface area contributed by atoms with E-state index < -0.39 is 0 Å². The average molecular weight is 236 g/mol. The van der Waals surface area contributed by atoms with E-state index in [0.717, 1.165) is 5.69 Å². The van der Waals surface area contributed by atoms with Gasteiger partial charge in [-0.05, 0) is 6.92 Å². The molecule has 0 aromatic carbocycles. The zero-order valence-corrected chi connectivity index (χ0v) is 9.70. The van der Waals surface area contributed by atoms with Crippen LogP contribution in [0.2, 0.25) is 0 Å². The Kier molecular flexibility index (Phi) is 3.66. The van der Waals surface area contributed by atoms with Crippen LogP contribution in [0.4, 0.5) is 5.95 Å². The second-order valence-corrected chi connectivity index (χ2v) is 3.70. The molecule has 84 valence electrons. The predicted molar refractivity (Wildman–Crippen MR) is 62.6 cm³/mol. The van der Waals surface area contributed by atoms with Crippen molar-refractivity contribution in [2.75, 3.05) is 11.9 Å². The molecule has 2 rings (SSSR count). The van der Waals surface area contributed by atoms with Crippen LogP contribution in [0.5, 0.6) is 5.88 Å². The number of anilines is 1. The van der Waals surface area contributed by atoms with E-state index in [9.17, 15) is 0 Å². The van der Waals surface area contributed by atoms with Crippen LogP contribution in [0.1, 0.15) is 12.6 Å². The van der Waals surface area contributed by atoms with Crippen LogP contribution < -0.4 is 10.1 Å². The van der Waals surface area contributed by atoms with Crippen molar-refractivity contribution in [3.8, 4) is 5.88 Å². The third-order valence-corrected chi connectivity index (χ3v) is 2.47. The topological polar surface area (TPSA) is 59.9 Å². The van der Waals surface area contributed by atoms with E-state index in [-0.39, 0.29) is 0 Å². The van der Waals surface area contributed by atoms with Gasteiger partial charge in [0.15, 0.2) is 0 Å². The molecule has 16 heavy (non-hydrogen) atoms. The van der Waals surface area contributed by atoms with Gasteiger partial charge in [0.1, 0.15) is 0 Å². The number of nitrogens with zero attached hydrogens (tertiary/aromatic N) is 3. The van der Waals surface area contributed by atoms with Gasteiger partial charge in [-0.15, -0.1) is 11.3 Å². The van der Waals surface area contributed by atoms with Gasteiger partial charge in [0.2, 0.25) is 11.8 Å². The Morgan fingerprint density at radius 2 is 2.38 bits per heavy atom. The molecule has 2 aromatic rings. The predicted octanol–water partition coefficient (Wildman–Crippen LogP) is 1.94. The fourth-order valence-electron chi connectivity index (χ4n) is 1.15. The van der Waals surface area contributed by atoms with Gasteiger partial charge in [0, 0.05) is 17.6 Å². The van der Waals surface area contributed by atoms with E-state index in [4.69, 9.17) is 4.74 Å². The van der Waals surface area contributed by atoms with Crippen LogP contribution in [0.15, 0.2) is 23.2 Å². The monoisotopic (exact) mass is 236 g/mol. The van der Waals surface area contributed by atoms with Gasteiger partial charge in [0.05, 0.1) is 24.4 Å². The largest absolute Gasteiger partial charge is 0.478 e. The molecule has 0 atom stereocenters. The van der Waals surface area contributed by atoms with Crippen LogP contribution in [-0.2, 0) is 6.54 Å². The number of rotatable bonds is 5. The molecule has 0 bridgehead atoms. The zero-order chi connectivity index (χ0) is 11.2. The lowest BCUT2D eigenvalue weighted by atomic mass is 10.5. The average Bonchev–Trinajstić information content (AvgIpc) is 2.80. The SMILES string of the molecule is CCOc1ccnc(NCc2cscn2)n1. The lowest BCUT2D eigenvalue weighted by Gasteiger charge is -2.05. The highest BCUT2D eigenvalue weighted by Gasteiger charge is 2.00. The Bertz CT molecular complexity index is 432. The summed E-state index contributed by atoms with van der Waals surface area (Å²) >= 11 is 1.57. The standard InChI is InChI=1S/C10H12N4OS/c1-2-15-9-3-4-11-10(14-9)12-5-8-6-16-7-13-8/h3-4,6-7H,2,5H2,1H3,(H,11,12,14). The number of nitrogens with one attached hydrogen (secondary N) is 1. The smallest absolute Gasteiger partial charge is 0.226 e. The van der Waals surface area contributed by atoms with Crippen molar-refractivity contribution in [1.29, 1.82) is 0 Å². The molecule has 5 nitrogen and oxygen atoms in total. The maximum atomic E-state index is 5.28. The highest BCUT2D eigenvalue weighted by Crippen LogP contribution is 2.09. The Morgan fingerprint density at radius 3 is 3.12 bits per heavy atom. The summed E-state index contributed by atoms with van der Waals surface area (Å²) in [4.78, 5) is 12.4. The molecule has 0 saturated heterocycles. The van der Waals surface area contributed by atoms with Crippen molar-refractivity contribution in [1.82, 2.24) is 15.0 Å². The van der Waals surface area contributed by atoms with Crippen LogP contribution in [0.25, 0.3) is 0 Å². The summed E-state index contributed by atoms with van der Waals surface area (Å²) in [6.07, 6.45) is 1.67. The van der Waals surface area contributed by atoms with E-state index in [1.807, 2.05) is 12.3 Å². The molecule has 0 amide bonds. The summed E-state index contributed by atoms with van der Waals surface area (Å²) in [5.74, 6) is 1.14. The Hall–Kier alpha value is -1.69. The first kappa shape index (κ1) is 10.8. The number of hydrogen-bond donors (Lipinski definition) is 1. The van der Waals surface area contributed by atoms with E-state index in [0.29, 0.717) is 25.0 Å². The molecule has 2 heterocycles. The summed E-state index contributed by atoms with van der Waals surface area (Å²) in [7, 11) is 0. The Labute approximate surface area is 97.5 Å². The minimum absolute atomic E-state index is 0.555. The second-order valence-electron chi connectivity index (χ2n) is 2.98. The number of hydrogen-bond acceptors (Lipinski definition) is 6. The molecule has 1 N–H and O–H groups in total. The molecule has 0 aliphatic rings. The van der Waals surface area contributed by atoms with E-state index >= 15 is 0 Å². The first-order valence-electron chi connectivity index (χ1n) is 4.95. The third-order valence-electron chi connectivity index (χ3n) is 1.83. The van der Waals surface area contributed by atoms with Gasteiger partial charge >= 0.3 is 0 Å². The minimum atomic E-state index is 0.555. The molecule has 0 aliphatic carbocycles. The molecule has 6 heteroatoms. The van der Waals surface area contributed by atoms with Gasteiger partial charge in [-0.2, -0.15) is 4.98 Å². The molecule has 0 radical (unpaired) electrons. The summed E-state index contributed by atoms with van der Waals surface area (Å²) in [5.41, 5.74) is 2.78. The number of ether oxygens (including phenoxy) is 1. The molecule has 0 saturated carbocycles. The molecular formula is C10H12N4OS. The highest BCUT2D eigenvalue weighted by atomic mass is 32.1. The van der Waals surface area contributed by atoms with Gasteiger partial charge in [-0.25, -0.2) is 9.97 Å². The third kappa shape index (κ3) is 2.90. The zero-order valence-electron chi connectivity index (χ0n) is 8.88. The summed E-state index contributed by atoms with van der Waals surface area (Å²) in [6, 6.07) is 1.73. The van der Waals surface area contributed by atoms with Crippen LogP contribution in [-0.4, -0.2) is 21.6 Å². The normalized spacial score (nSPS) is 10.1. The van der Waals surface area contributed by atoms with Crippen molar-refractivity contribution < 1.29 is 4.74 Å². The summed E-state index contributed by atoms with van der Waals surface area (Å²) in [5, 5.41) is 5.07. The fourth-order valence-corrected chi connectivity index (χ4v) is 1.71. The lowest BCUT2D eigenvalue weighted by Crippen LogP contribution is -2.04. The minimum Gasteiger partial charge on any atom is -0.478 e. The van der Waals surface area contributed by atoms with E-state index in [1.165, 1.54) is 0 Å². The van der Waals surface area contributed by atoms with Gasteiger partial charge in [-0.1, -0.05) is 0 Å². The van der Waals surface area contributed by atoms with Crippen LogP contribution in [0, 0.1) is 0 Å². The molecule has 0 spiro atoms. The summed E-state index contributed by atoms with van der Waals surface area (Å²) in [6.45, 7) is 3.14. The summed E-state index contributed by atoms with van der Waals surface area (Å²) < 4.78 is 5.28. The number of aromatic nitrogens is 3. The number of thiazole rings is 1. The van der Waals surface area contributed by atoms with Crippen LogP contribution in [0.3, 0.4) is 0 Å². The first-order valence-corrected chi connectivity index (χ1v) is 5.89. The maximum Gasteiger partial charge on any atom is 0.226 e. The quantitative estimate of drug-likeness (QED) is 0.859. The van der Waals surface area contributed by atoms with E-state index in [2.05, 4.69) is 20.3 Å². The van der Waals surface area contributed by atoms with Crippen LogP contribution >= 0.6 is 11.3 Å². The van der Waals surface area contributed by atoms with Gasteiger partial charge in [-0.3, -0.25) is 0 Å². The molecule has 0 unspecified atom stereocenters. The molecule has 0 aliphatic heterocycles. The first-order chi connectivity index (χ1) is 7.88. The molecular weight excluding hydrogens is 224 g/mol. The van der Waals surface area contributed by atoms with Crippen molar-refractivity contribution >= 4 is 17.3 Å². The van der Waals surface area contributed by atoms with Crippen molar-refractivity contribution in [2.45, 2.75) is 13.5 Å². The Balaban J connectivity index is 1.96.